The fraction of sp³-hybridized carbons (Fsp3) is 0.294. The molecule has 0 spiro atoms. The van der Waals surface area contributed by atoms with Gasteiger partial charge in [-0.15, -0.1) is 11.6 Å². The molecule has 0 fully saturated rings. The highest BCUT2D eigenvalue weighted by atomic mass is 35.5. The minimum atomic E-state index is -0.108. The third-order valence-electron chi connectivity index (χ3n) is 3.19. The molecule has 0 amide bonds. The third kappa shape index (κ3) is 3.67. The smallest absolute Gasteiger partial charge is 0.124 e. The number of ether oxygens (including phenoxy) is 1. The van der Waals surface area contributed by atoms with Gasteiger partial charge < -0.3 is 9.64 Å². The summed E-state index contributed by atoms with van der Waals surface area (Å²) in [4.78, 5) is 2.15. The Morgan fingerprint density at radius 2 is 1.70 bits per heavy atom. The van der Waals surface area contributed by atoms with Crippen molar-refractivity contribution in [2.75, 3.05) is 25.1 Å². The summed E-state index contributed by atoms with van der Waals surface area (Å²) < 4.78 is 5.64. The third-order valence-corrected chi connectivity index (χ3v) is 3.56. The summed E-state index contributed by atoms with van der Waals surface area (Å²) in [6.07, 6.45) is 0. The number of halogens is 1. The number of alkyl halides is 1. The summed E-state index contributed by atoms with van der Waals surface area (Å²) in [6.45, 7) is 3.36. The van der Waals surface area contributed by atoms with Crippen LogP contribution in [0.15, 0.2) is 54.6 Å². The molecule has 0 aliphatic carbocycles. The van der Waals surface area contributed by atoms with Crippen LogP contribution in [0.25, 0.3) is 0 Å². The van der Waals surface area contributed by atoms with Crippen molar-refractivity contribution < 1.29 is 4.74 Å². The molecule has 2 rings (SSSR count). The summed E-state index contributed by atoms with van der Waals surface area (Å²) in [5.74, 6) is 0.872. The molecule has 2 nitrogen and oxygen atoms in total. The SMILES string of the molecule is CCOc1ccccc1C(Cl)CN(C)c1ccccc1. The minimum absolute atomic E-state index is 0.108. The number of anilines is 1. The summed E-state index contributed by atoms with van der Waals surface area (Å²) in [5.41, 5.74) is 2.20. The molecule has 0 saturated carbocycles. The number of hydrogen-bond acceptors (Lipinski definition) is 2. The molecule has 2 aromatic carbocycles. The van der Waals surface area contributed by atoms with Crippen LogP contribution < -0.4 is 9.64 Å². The van der Waals surface area contributed by atoms with Gasteiger partial charge in [-0.25, -0.2) is 0 Å². The number of rotatable bonds is 6. The highest BCUT2D eigenvalue weighted by molar-refractivity contribution is 6.21. The van der Waals surface area contributed by atoms with Crippen molar-refractivity contribution in [3.8, 4) is 5.75 Å². The molecule has 0 aromatic heterocycles. The van der Waals surface area contributed by atoms with Crippen molar-refractivity contribution in [2.45, 2.75) is 12.3 Å². The van der Waals surface area contributed by atoms with E-state index in [9.17, 15) is 0 Å². The first-order valence-corrected chi connectivity index (χ1v) is 7.28. The van der Waals surface area contributed by atoms with Gasteiger partial charge in [-0.1, -0.05) is 36.4 Å². The predicted molar refractivity (Wildman–Crippen MR) is 85.9 cm³/mol. The van der Waals surface area contributed by atoms with E-state index in [4.69, 9.17) is 16.3 Å². The topological polar surface area (TPSA) is 12.5 Å². The Hall–Kier alpha value is -1.67. The Morgan fingerprint density at radius 1 is 1.05 bits per heavy atom. The molecule has 0 N–H and O–H groups in total. The van der Waals surface area contributed by atoms with Crippen molar-refractivity contribution in [3.63, 3.8) is 0 Å². The molecule has 0 saturated heterocycles. The Balaban J connectivity index is 2.10. The van der Waals surface area contributed by atoms with E-state index in [1.807, 2.05) is 56.4 Å². The summed E-state index contributed by atoms with van der Waals surface area (Å²) in [5, 5.41) is -0.108. The second kappa shape index (κ2) is 7.20. The van der Waals surface area contributed by atoms with Crippen LogP contribution in [0.1, 0.15) is 17.9 Å². The van der Waals surface area contributed by atoms with Crippen LogP contribution in [0.5, 0.6) is 5.75 Å². The lowest BCUT2D eigenvalue weighted by molar-refractivity contribution is 0.336. The lowest BCUT2D eigenvalue weighted by atomic mass is 10.1. The fourth-order valence-corrected chi connectivity index (χ4v) is 2.54. The molecule has 20 heavy (non-hydrogen) atoms. The van der Waals surface area contributed by atoms with Gasteiger partial charge in [-0.3, -0.25) is 0 Å². The first-order valence-electron chi connectivity index (χ1n) is 6.84. The van der Waals surface area contributed by atoms with Gasteiger partial charge >= 0.3 is 0 Å². The minimum Gasteiger partial charge on any atom is -0.494 e. The molecular formula is C17H20ClNO. The molecular weight excluding hydrogens is 270 g/mol. The molecule has 0 aliphatic rings. The van der Waals surface area contributed by atoms with Gasteiger partial charge in [0.2, 0.25) is 0 Å². The Bertz CT molecular complexity index is 530. The fourth-order valence-electron chi connectivity index (χ4n) is 2.15. The number of nitrogens with zero attached hydrogens (tertiary/aromatic N) is 1. The molecule has 106 valence electrons. The molecule has 1 atom stereocenters. The van der Waals surface area contributed by atoms with Gasteiger partial charge in [0.1, 0.15) is 5.75 Å². The van der Waals surface area contributed by atoms with Crippen LogP contribution in [-0.4, -0.2) is 20.2 Å². The largest absolute Gasteiger partial charge is 0.494 e. The number of para-hydroxylation sites is 2. The van der Waals surface area contributed by atoms with Crippen molar-refractivity contribution in [2.24, 2.45) is 0 Å². The molecule has 2 aromatic rings. The normalized spacial score (nSPS) is 11.9. The first kappa shape index (κ1) is 14.7. The van der Waals surface area contributed by atoms with E-state index in [0.29, 0.717) is 6.61 Å². The molecule has 1 unspecified atom stereocenters. The van der Waals surface area contributed by atoms with Crippen molar-refractivity contribution >= 4 is 17.3 Å². The Morgan fingerprint density at radius 3 is 2.40 bits per heavy atom. The van der Waals surface area contributed by atoms with E-state index in [-0.39, 0.29) is 5.38 Å². The van der Waals surface area contributed by atoms with E-state index in [1.165, 1.54) is 0 Å². The molecule has 3 heteroatoms. The lowest BCUT2D eigenvalue weighted by Crippen LogP contribution is -2.22. The number of hydrogen-bond donors (Lipinski definition) is 0. The first-order chi connectivity index (χ1) is 9.72. The zero-order valence-electron chi connectivity index (χ0n) is 11.9. The van der Waals surface area contributed by atoms with Crippen LogP contribution in [0.3, 0.4) is 0 Å². The molecule has 0 aliphatic heterocycles. The van der Waals surface area contributed by atoms with Crippen molar-refractivity contribution in [1.82, 2.24) is 0 Å². The predicted octanol–water partition coefficient (Wildman–Crippen LogP) is 4.50. The monoisotopic (exact) mass is 289 g/mol. The second-order valence-electron chi connectivity index (χ2n) is 4.65. The van der Waals surface area contributed by atoms with Gasteiger partial charge in [0.05, 0.1) is 12.0 Å². The van der Waals surface area contributed by atoms with Crippen LogP contribution in [0, 0.1) is 0 Å². The van der Waals surface area contributed by atoms with Gasteiger partial charge in [0.15, 0.2) is 0 Å². The van der Waals surface area contributed by atoms with Gasteiger partial charge in [-0.2, -0.15) is 0 Å². The number of benzene rings is 2. The van der Waals surface area contributed by atoms with E-state index < -0.39 is 0 Å². The van der Waals surface area contributed by atoms with Gasteiger partial charge in [0, 0.05) is 24.8 Å². The lowest BCUT2D eigenvalue weighted by Gasteiger charge is -2.23. The number of likely N-dealkylation sites (N-methyl/N-ethyl adjacent to an activating group) is 1. The van der Waals surface area contributed by atoms with Crippen LogP contribution in [0.4, 0.5) is 5.69 Å². The second-order valence-corrected chi connectivity index (χ2v) is 5.18. The average Bonchev–Trinajstić information content (AvgIpc) is 2.49. The van der Waals surface area contributed by atoms with E-state index >= 15 is 0 Å². The molecule has 0 heterocycles. The average molecular weight is 290 g/mol. The summed E-state index contributed by atoms with van der Waals surface area (Å²) in [7, 11) is 2.05. The molecule has 0 radical (unpaired) electrons. The maximum atomic E-state index is 6.57. The standard InChI is InChI=1S/C17H20ClNO/c1-3-20-17-12-8-7-11-15(17)16(18)13-19(2)14-9-5-4-6-10-14/h4-12,16H,3,13H2,1-2H3. The Kier molecular flexibility index (Phi) is 5.31. The summed E-state index contributed by atoms with van der Waals surface area (Å²) >= 11 is 6.57. The zero-order chi connectivity index (χ0) is 14.4. The maximum absolute atomic E-state index is 6.57. The van der Waals surface area contributed by atoms with Crippen LogP contribution >= 0.6 is 11.6 Å². The van der Waals surface area contributed by atoms with Crippen LogP contribution in [0.2, 0.25) is 0 Å². The van der Waals surface area contributed by atoms with Crippen molar-refractivity contribution in [1.29, 1.82) is 0 Å². The summed E-state index contributed by atoms with van der Waals surface area (Å²) in [6, 6.07) is 18.2. The quantitative estimate of drug-likeness (QED) is 0.726. The van der Waals surface area contributed by atoms with Gasteiger partial charge in [-0.05, 0) is 25.1 Å². The highest BCUT2D eigenvalue weighted by Gasteiger charge is 2.15. The van der Waals surface area contributed by atoms with E-state index in [2.05, 4.69) is 17.0 Å². The van der Waals surface area contributed by atoms with Crippen LogP contribution in [-0.2, 0) is 0 Å². The van der Waals surface area contributed by atoms with E-state index in [0.717, 1.165) is 23.5 Å². The Labute approximate surface area is 125 Å². The van der Waals surface area contributed by atoms with Gasteiger partial charge in [0.25, 0.3) is 0 Å². The highest BCUT2D eigenvalue weighted by Crippen LogP contribution is 2.31. The zero-order valence-corrected chi connectivity index (χ0v) is 12.7. The van der Waals surface area contributed by atoms with E-state index in [1.54, 1.807) is 0 Å². The maximum Gasteiger partial charge on any atom is 0.124 e. The molecule has 0 bridgehead atoms. The van der Waals surface area contributed by atoms with Crippen molar-refractivity contribution in [3.05, 3.63) is 60.2 Å².